The molecule has 2 atom stereocenters. The summed E-state index contributed by atoms with van der Waals surface area (Å²) < 4.78 is 1.77. The molecule has 5 rings (SSSR count). The third-order valence-electron chi connectivity index (χ3n) is 6.31. The van der Waals surface area contributed by atoms with Gasteiger partial charge in [-0.3, -0.25) is 14.3 Å². The summed E-state index contributed by atoms with van der Waals surface area (Å²) >= 11 is 0. The Balaban J connectivity index is 1.32. The molecule has 2 aliphatic carbocycles. The van der Waals surface area contributed by atoms with Gasteiger partial charge in [0.1, 0.15) is 0 Å². The predicted octanol–water partition coefficient (Wildman–Crippen LogP) is 1.45. The fourth-order valence-electron chi connectivity index (χ4n) is 4.25. The van der Waals surface area contributed by atoms with E-state index in [-0.39, 0.29) is 11.7 Å². The Hall–Kier alpha value is -1.92. The first-order chi connectivity index (χ1) is 12.7. The van der Waals surface area contributed by atoms with Crippen molar-refractivity contribution in [2.45, 2.75) is 44.4 Å². The Morgan fingerprint density at radius 2 is 1.88 bits per heavy atom. The first-order valence-corrected chi connectivity index (χ1v) is 9.85. The van der Waals surface area contributed by atoms with Crippen molar-refractivity contribution >= 4 is 16.6 Å². The van der Waals surface area contributed by atoms with Crippen LogP contribution in [0.25, 0.3) is 10.9 Å². The van der Waals surface area contributed by atoms with E-state index in [1.54, 1.807) is 10.9 Å². The van der Waals surface area contributed by atoms with Crippen molar-refractivity contribution in [1.82, 2.24) is 14.5 Å². The van der Waals surface area contributed by atoms with E-state index >= 15 is 0 Å². The molecule has 1 N–H and O–H groups in total. The van der Waals surface area contributed by atoms with Crippen molar-refractivity contribution in [3.05, 3.63) is 34.9 Å². The van der Waals surface area contributed by atoms with E-state index in [2.05, 4.69) is 20.9 Å². The van der Waals surface area contributed by atoms with Crippen molar-refractivity contribution in [3.8, 4) is 0 Å². The molecule has 3 aliphatic rings. The summed E-state index contributed by atoms with van der Waals surface area (Å²) in [5, 5.41) is 10.6. The zero-order valence-electron chi connectivity index (χ0n) is 15.0. The highest BCUT2D eigenvalue weighted by Gasteiger charge is 2.35. The summed E-state index contributed by atoms with van der Waals surface area (Å²) in [7, 11) is 0. The lowest BCUT2D eigenvalue weighted by atomic mass is 9.87. The zero-order valence-corrected chi connectivity index (χ0v) is 15.0. The standard InChI is InChI=1S/C20H26N4O2/c25-19-6-5-18(19)23-9-7-22(8-10-23)15-3-4-16-17(11-15)21-13-24(20(16)26)12-14-1-2-14/h3-4,11,13-14,18-19,25H,1-2,5-10,12H2. The molecular weight excluding hydrogens is 328 g/mol. The van der Waals surface area contributed by atoms with Crippen LogP contribution in [-0.4, -0.2) is 57.9 Å². The quantitative estimate of drug-likeness (QED) is 0.901. The molecule has 0 bridgehead atoms. The molecule has 0 amide bonds. The molecule has 3 fully saturated rings. The highest BCUT2D eigenvalue weighted by Crippen LogP contribution is 2.30. The molecule has 6 nitrogen and oxygen atoms in total. The molecule has 138 valence electrons. The van der Waals surface area contributed by atoms with Gasteiger partial charge in [-0.25, -0.2) is 4.98 Å². The monoisotopic (exact) mass is 354 g/mol. The smallest absolute Gasteiger partial charge is 0.261 e. The number of benzene rings is 1. The minimum absolute atomic E-state index is 0.0808. The molecule has 1 saturated heterocycles. The maximum atomic E-state index is 12.6. The molecule has 2 aromatic rings. The van der Waals surface area contributed by atoms with Gasteiger partial charge in [-0.15, -0.1) is 0 Å². The number of aromatic nitrogens is 2. The van der Waals surface area contributed by atoms with Crippen LogP contribution in [0.4, 0.5) is 5.69 Å². The van der Waals surface area contributed by atoms with Crippen LogP contribution >= 0.6 is 0 Å². The summed E-state index contributed by atoms with van der Waals surface area (Å²) in [6.45, 7) is 4.67. The van der Waals surface area contributed by atoms with Crippen LogP contribution in [0.2, 0.25) is 0 Å². The molecule has 1 aliphatic heterocycles. The van der Waals surface area contributed by atoms with Crippen LogP contribution in [-0.2, 0) is 6.54 Å². The Morgan fingerprint density at radius 1 is 1.08 bits per heavy atom. The number of hydrogen-bond acceptors (Lipinski definition) is 5. The Kier molecular flexibility index (Phi) is 3.98. The maximum absolute atomic E-state index is 12.6. The van der Waals surface area contributed by atoms with Gasteiger partial charge in [0.05, 0.1) is 23.3 Å². The summed E-state index contributed by atoms with van der Waals surface area (Å²) in [5.74, 6) is 0.664. The summed E-state index contributed by atoms with van der Waals surface area (Å²) in [5.41, 5.74) is 2.01. The minimum Gasteiger partial charge on any atom is -0.391 e. The van der Waals surface area contributed by atoms with Crippen LogP contribution in [0.5, 0.6) is 0 Å². The Morgan fingerprint density at radius 3 is 2.54 bits per heavy atom. The van der Waals surface area contributed by atoms with Crippen molar-refractivity contribution in [1.29, 1.82) is 0 Å². The molecule has 26 heavy (non-hydrogen) atoms. The van der Waals surface area contributed by atoms with Crippen LogP contribution in [0.15, 0.2) is 29.3 Å². The molecule has 1 aromatic heterocycles. The lowest BCUT2D eigenvalue weighted by Gasteiger charge is -2.46. The summed E-state index contributed by atoms with van der Waals surface area (Å²) in [4.78, 5) is 22.0. The first-order valence-electron chi connectivity index (χ1n) is 9.85. The topological polar surface area (TPSA) is 61.6 Å². The molecule has 2 saturated carbocycles. The SMILES string of the molecule is O=c1c2ccc(N3CCN(C4CCC4O)CC3)cc2ncn1CC1CC1. The molecule has 0 radical (unpaired) electrons. The van der Waals surface area contributed by atoms with Gasteiger partial charge in [-0.2, -0.15) is 0 Å². The van der Waals surface area contributed by atoms with Crippen molar-refractivity contribution in [3.63, 3.8) is 0 Å². The third-order valence-corrected chi connectivity index (χ3v) is 6.31. The third kappa shape index (κ3) is 2.91. The van der Waals surface area contributed by atoms with Gasteiger partial charge < -0.3 is 10.0 Å². The number of nitrogens with zero attached hydrogens (tertiary/aromatic N) is 4. The average Bonchev–Trinajstić information content (AvgIpc) is 3.47. The van der Waals surface area contributed by atoms with Gasteiger partial charge in [0.25, 0.3) is 5.56 Å². The van der Waals surface area contributed by atoms with Crippen LogP contribution in [0.3, 0.4) is 0 Å². The van der Waals surface area contributed by atoms with Crippen LogP contribution < -0.4 is 10.5 Å². The van der Waals surface area contributed by atoms with Gasteiger partial charge >= 0.3 is 0 Å². The van der Waals surface area contributed by atoms with E-state index in [0.717, 1.165) is 56.8 Å². The van der Waals surface area contributed by atoms with Crippen molar-refractivity contribution in [2.24, 2.45) is 5.92 Å². The average molecular weight is 354 g/mol. The zero-order chi connectivity index (χ0) is 17.7. The minimum atomic E-state index is -0.135. The largest absolute Gasteiger partial charge is 0.391 e. The second-order valence-electron chi connectivity index (χ2n) is 8.08. The number of rotatable bonds is 4. The fourth-order valence-corrected chi connectivity index (χ4v) is 4.25. The van der Waals surface area contributed by atoms with E-state index < -0.39 is 0 Å². The second-order valence-corrected chi connectivity index (χ2v) is 8.08. The van der Waals surface area contributed by atoms with E-state index in [1.165, 1.54) is 12.8 Å². The molecular formula is C20H26N4O2. The normalized spacial score (nSPS) is 26.9. The van der Waals surface area contributed by atoms with E-state index in [1.807, 2.05) is 12.1 Å². The molecule has 6 heteroatoms. The van der Waals surface area contributed by atoms with Gasteiger partial charge in [0.2, 0.25) is 0 Å². The summed E-state index contributed by atoms with van der Waals surface area (Å²) in [6, 6.07) is 6.40. The summed E-state index contributed by atoms with van der Waals surface area (Å²) in [6.07, 6.45) is 6.10. The van der Waals surface area contributed by atoms with Crippen molar-refractivity contribution in [2.75, 3.05) is 31.1 Å². The molecule has 2 unspecified atom stereocenters. The molecule has 0 spiro atoms. The highest BCUT2D eigenvalue weighted by molar-refractivity contribution is 5.81. The lowest BCUT2D eigenvalue weighted by molar-refractivity contribution is -0.0229. The van der Waals surface area contributed by atoms with Gasteiger partial charge in [0.15, 0.2) is 0 Å². The maximum Gasteiger partial charge on any atom is 0.261 e. The van der Waals surface area contributed by atoms with Gasteiger partial charge in [-0.1, -0.05) is 0 Å². The molecule has 2 heterocycles. The van der Waals surface area contributed by atoms with Gasteiger partial charge in [-0.05, 0) is 49.8 Å². The molecule has 1 aromatic carbocycles. The highest BCUT2D eigenvalue weighted by atomic mass is 16.3. The van der Waals surface area contributed by atoms with Gasteiger partial charge in [0, 0.05) is 44.5 Å². The first kappa shape index (κ1) is 16.3. The van der Waals surface area contributed by atoms with E-state index in [4.69, 9.17) is 0 Å². The number of aliphatic hydroxyl groups excluding tert-OH is 1. The van der Waals surface area contributed by atoms with Crippen LogP contribution in [0.1, 0.15) is 25.7 Å². The predicted molar refractivity (Wildman–Crippen MR) is 102 cm³/mol. The van der Waals surface area contributed by atoms with E-state index in [0.29, 0.717) is 17.3 Å². The number of piperazine rings is 1. The number of fused-ring (bicyclic) bond motifs is 1. The van der Waals surface area contributed by atoms with E-state index in [9.17, 15) is 9.90 Å². The second kappa shape index (κ2) is 6.35. The van der Waals surface area contributed by atoms with Crippen molar-refractivity contribution < 1.29 is 5.11 Å². The Labute approximate surface area is 153 Å². The lowest BCUT2D eigenvalue weighted by Crippen LogP contribution is -2.57. The number of hydrogen-bond donors (Lipinski definition) is 1. The van der Waals surface area contributed by atoms with Crippen LogP contribution in [0, 0.1) is 5.92 Å². The fraction of sp³-hybridized carbons (Fsp3) is 0.600. The number of anilines is 1. The number of aliphatic hydroxyl groups is 1. The Bertz CT molecular complexity index is 868.